The van der Waals surface area contributed by atoms with E-state index in [-0.39, 0.29) is 0 Å². The van der Waals surface area contributed by atoms with Crippen molar-refractivity contribution >= 4 is 10.9 Å². The number of hydrogen-bond donors (Lipinski definition) is 0. The summed E-state index contributed by atoms with van der Waals surface area (Å²) >= 11 is 0. The fraction of sp³-hybridized carbons (Fsp3) is 0.440. The number of piperazine rings is 1. The Labute approximate surface area is 179 Å². The van der Waals surface area contributed by atoms with E-state index >= 15 is 0 Å². The standard InChI is InChI=1S/C25H33N3O2/c1-26-12-14-27(15-13-26)11-7-10-21-19-28(18-20-8-5-4-6-9-20)23-16-22(29-2)17-24(30-3)25(21)23/h4-6,8-9,16-17,19H,7,10-15,18H2,1-3H3. The van der Waals surface area contributed by atoms with Gasteiger partial charge in [-0.25, -0.2) is 0 Å². The third-order valence-corrected chi connectivity index (χ3v) is 6.16. The van der Waals surface area contributed by atoms with Gasteiger partial charge in [0.05, 0.1) is 19.7 Å². The summed E-state index contributed by atoms with van der Waals surface area (Å²) in [4.78, 5) is 5.00. The molecule has 5 heteroatoms. The SMILES string of the molecule is COc1cc(OC)c2c(CCCN3CCN(C)CC3)cn(Cc3ccccc3)c2c1. The van der Waals surface area contributed by atoms with Crippen molar-refractivity contribution in [2.45, 2.75) is 19.4 Å². The van der Waals surface area contributed by atoms with Crippen LogP contribution in [0.25, 0.3) is 10.9 Å². The van der Waals surface area contributed by atoms with Crippen molar-refractivity contribution in [3.05, 3.63) is 59.8 Å². The second-order valence-electron chi connectivity index (χ2n) is 8.24. The second kappa shape index (κ2) is 9.54. The predicted molar refractivity (Wildman–Crippen MR) is 123 cm³/mol. The minimum Gasteiger partial charge on any atom is -0.497 e. The number of ether oxygens (including phenoxy) is 2. The molecule has 0 amide bonds. The van der Waals surface area contributed by atoms with Crippen LogP contribution in [0.2, 0.25) is 0 Å². The maximum Gasteiger partial charge on any atom is 0.132 e. The van der Waals surface area contributed by atoms with Gasteiger partial charge in [0.15, 0.2) is 0 Å². The molecule has 1 aliphatic rings. The van der Waals surface area contributed by atoms with Crippen LogP contribution in [0.4, 0.5) is 0 Å². The molecule has 1 saturated heterocycles. The minimum atomic E-state index is 0.829. The highest BCUT2D eigenvalue weighted by molar-refractivity contribution is 5.91. The van der Waals surface area contributed by atoms with Crippen molar-refractivity contribution in [1.82, 2.24) is 14.4 Å². The van der Waals surface area contributed by atoms with E-state index in [2.05, 4.69) is 64.0 Å². The number of benzene rings is 2. The van der Waals surface area contributed by atoms with E-state index in [0.29, 0.717) is 0 Å². The van der Waals surface area contributed by atoms with E-state index in [9.17, 15) is 0 Å². The Bertz CT molecular complexity index is 959. The van der Waals surface area contributed by atoms with E-state index < -0.39 is 0 Å². The lowest BCUT2D eigenvalue weighted by atomic mass is 10.1. The van der Waals surface area contributed by atoms with Crippen molar-refractivity contribution in [1.29, 1.82) is 0 Å². The largest absolute Gasteiger partial charge is 0.497 e. The first-order chi connectivity index (χ1) is 14.7. The Morgan fingerprint density at radius 2 is 1.70 bits per heavy atom. The van der Waals surface area contributed by atoms with Gasteiger partial charge in [0.2, 0.25) is 0 Å². The molecule has 0 N–H and O–H groups in total. The molecular formula is C25H33N3O2. The van der Waals surface area contributed by atoms with Crippen molar-refractivity contribution < 1.29 is 9.47 Å². The summed E-state index contributed by atoms with van der Waals surface area (Å²) in [6.45, 7) is 6.68. The Hall–Kier alpha value is -2.50. The van der Waals surface area contributed by atoms with Gasteiger partial charge in [-0.3, -0.25) is 0 Å². The Kier molecular flexibility index (Phi) is 6.60. The molecular weight excluding hydrogens is 374 g/mol. The highest BCUT2D eigenvalue weighted by Crippen LogP contribution is 2.36. The first-order valence-corrected chi connectivity index (χ1v) is 10.9. The number of aryl methyl sites for hydroxylation is 1. The van der Waals surface area contributed by atoms with Crippen LogP contribution in [-0.2, 0) is 13.0 Å². The van der Waals surface area contributed by atoms with Crippen molar-refractivity contribution in [2.75, 3.05) is 54.0 Å². The topological polar surface area (TPSA) is 29.9 Å². The summed E-state index contributed by atoms with van der Waals surface area (Å²) in [5, 5.41) is 1.22. The van der Waals surface area contributed by atoms with Crippen LogP contribution < -0.4 is 9.47 Å². The molecule has 2 heterocycles. The zero-order valence-electron chi connectivity index (χ0n) is 18.4. The molecule has 1 fully saturated rings. The molecule has 5 nitrogen and oxygen atoms in total. The average molecular weight is 408 g/mol. The van der Waals surface area contributed by atoms with Crippen LogP contribution in [0.1, 0.15) is 17.5 Å². The van der Waals surface area contributed by atoms with Gasteiger partial charge < -0.3 is 23.8 Å². The summed E-state index contributed by atoms with van der Waals surface area (Å²) in [6, 6.07) is 14.7. The number of aromatic nitrogens is 1. The highest BCUT2D eigenvalue weighted by atomic mass is 16.5. The van der Waals surface area contributed by atoms with Crippen molar-refractivity contribution in [2.24, 2.45) is 0 Å². The Morgan fingerprint density at radius 1 is 0.933 bits per heavy atom. The van der Waals surface area contributed by atoms with E-state index in [4.69, 9.17) is 9.47 Å². The van der Waals surface area contributed by atoms with Crippen LogP contribution in [0, 0.1) is 0 Å². The number of rotatable bonds is 8. The third kappa shape index (κ3) is 4.63. The molecule has 0 spiro atoms. The lowest BCUT2D eigenvalue weighted by molar-refractivity contribution is 0.153. The van der Waals surface area contributed by atoms with Crippen LogP contribution in [0.15, 0.2) is 48.7 Å². The number of nitrogens with zero attached hydrogens (tertiary/aromatic N) is 3. The highest BCUT2D eigenvalue weighted by Gasteiger charge is 2.17. The second-order valence-corrected chi connectivity index (χ2v) is 8.24. The third-order valence-electron chi connectivity index (χ3n) is 6.16. The predicted octanol–water partition coefficient (Wildman–Crippen LogP) is 3.89. The molecule has 0 radical (unpaired) electrons. The lowest BCUT2D eigenvalue weighted by Crippen LogP contribution is -2.44. The molecule has 0 atom stereocenters. The molecule has 1 aliphatic heterocycles. The molecule has 0 saturated carbocycles. The molecule has 0 bridgehead atoms. The summed E-state index contributed by atoms with van der Waals surface area (Å²) in [5.74, 6) is 1.72. The zero-order valence-corrected chi connectivity index (χ0v) is 18.4. The molecule has 160 valence electrons. The Morgan fingerprint density at radius 3 is 2.40 bits per heavy atom. The first kappa shape index (κ1) is 20.8. The van der Waals surface area contributed by atoms with Crippen molar-refractivity contribution in [3.63, 3.8) is 0 Å². The molecule has 4 rings (SSSR count). The van der Waals surface area contributed by atoms with E-state index in [1.807, 2.05) is 6.07 Å². The molecule has 0 aliphatic carbocycles. The molecule has 2 aromatic carbocycles. The summed E-state index contributed by atoms with van der Waals surface area (Å²) in [5.41, 5.74) is 3.82. The average Bonchev–Trinajstić information content (AvgIpc) is 3.12. The van der Waals surface area contributed by atoms with Crippen LogP contribution >= 0.6 is 0 Å². The number of likely N-dealkylation sites (N-methyl/N-ethyl adjacent to an activating group) is 1. The van der Waals surface area contributed by atoms with Gasteiger partial charge in [0.25, 0.3) is 0 Å². The van der Waals surface area contributed by atoms with Crippen LogP contribution in [-0.4, -0.2) is 68.4 Å². The van der Waals surface area contributed by atoms with Gasteiger partial charge in [0, 0.05) is 56.4 Å². The zero-order chi connectivity index (χ0) is 20.9. The summed E-state index contributed by atoms with van der Waals surface area (Å²) in [7, 11) is 5.66. The normalized spacial score (nSPS) is 15.6. The fourth-order valence-corrected chi connectivity index (χ4v) is 4.39. The maximum absolute atomic E-state index is 5.77. The van der Waals surface area contributed by atoms with Gasteiger partial charge in [-0.2, -0.15) is 0 Å². The number of methoxy groups -OCH3 is 2. The van der Waals surface area contributed by atoms with Gasteiger partial charge in [-0.05, 0) is 37.6 Å². The van der Waals surface area contributed by atoms with E-state index in [1.165, 1.54) is 48.2 Å². The quantitative estimate of drug-likeness (QED) is 0.567. The molecule has 30 heavy (non-hydrogen) atoms. The number of fused-ring (bicyclic) bond motifs is 1. The van der Waals surface area contributed by atoms with Gasteiger partial charge in [0.1, 0.15) is 11.5 Å². The number of hydrogen-bond acceptors (Lipinski definition) is 4. The molecule has 3 aromatic rings. The van der Waals surface area contributed by atoms with Gasteiger partial charge in [-0.1, -0.05) is 30.3 Å². The van der Waals surface area contributed by atoms with Crippen LogP contribution in [0.3, 0.4) is 0 Å². The van der Waals surface area contributed by atoms with Gasteiger partial charge in [-0.15, -0.1) is 0 Å². The minimum absolute atomic E-state index is 0.829. The first-order valence-electron chi connectivity index (χ1n) is 10.9. The summed E-state index contributed by atoms with van der Waals surface area (Å²) in [6.07, 6.45) is 4.51. The molecule has 1 aromatic heterocycles. The fourth-order valence-electron chi connectivity index (χ4n) is 4.39. The maximum atomic E-state index is 5.77. The monoisotopic (exact) mass is 407 g/mol. The lowest BCUT2D eigenvalue weighted by Gasteiger charge is -2.32. The molecule has 0 unspecified atom stereocenters. The van der Waals surface area contributed by atoms with E-state index in [1.54, 1.807) is 14.2 Å². The van der Waals surface area contributed by atoms with Crippen molar-refractivity contribution in [3.8, 4) is 11.5 Å². The summed E-state index contributed by atoms with van der Waals surface area (Å²) < 4.78 is 13.7. The van der Waals surface area contributed by atoms with Crippen LogP contribution in [0.5, 0.6) is 11.5 Å². The van der Waals surface area contributed by atoms with Gasteiger partial charge >= 0.3 is 0 Å². The van der Waals surface area contributed by atoms with E-state index in [0.717, 1.165) is 37.4 Å². The Balaban J connectivity index is 1.59. The smallest absolute Gasteiger partial charge is 0.132 e.